The Morgan fingerprint density at radius 1 is 1.48 bits per heavy atom. The lowest BCUT2D eigenvalue weighted by Crippen LogP contribution is -2.18. The number of aryl methyl sites for hydroxylation is 1. The maximum Gasteiger partial charge on any atom is 0.328 e. The summed E-state index contributed by atoms with van der Waals surface area (Å²) in [6.07, 6.45) is 5.98. The van der Waals surface area contributed by atoms with Crippen molar-refractivity contribution in [1.29, 1.82) is 0 Å². The normalized spacial score (nSPS) is 12.2. The minimum absolute atomic E-state index is 0.468. The van der Waals surface area contributed by atoms with Gasteiger partial charge in [0.05, 0.1) is 18.6 Å². The number of aromatic nitrogens is 2. The third-order valence-corrected chi connectivity index (χ3v) is 4.07. The summed E-state index contributed by atoms with van der Waals surface area (Å²) >= 11 is 6.10. The average Bonchev–Trinajstić information content (AvgIpc) is 3.05. The van der Waals surface area contributed by atoms with Gasteiger partial charge >= 0.3 is 5.97 Å². The van der Waals surface area contributed by atoms with Crippen LogP contribution in [0.25, 0.3) is 6.08 Å². The molecule has 1 unspecified atom stereocenters. The lowest BCUT2D eigenvalue weighted by molar-refractivity contribution is -0.131. The summed E-state index contributed by atoms with van der Waals surface area (Å²) in [4.78, 5) is 26.2. The fourth-order valence-electron chi connectivity index (χ4n) is 2.34. The first-order chi connectivity index (χ1) is 11.9. The number of benzene rings is 1. The molecule has 1 atom stereocenters. The molecule has 0 bridgehead atoms. The molecule has 2 aromatic rings. The molecule has 0 aliphatic carbocycles. The number of carboxylic acids is 1. The number of anilines is 1. The number of hydrogen-bond donors (Lipinski definition) is 3. The lowest BCUT2D eigenvalue weighted by Gasteiger charge is -2.16. The van der Waals surface area contributed by atoms with Crippen LogP contribution in [0.15, 0.2) is 36.8 Å². The van der Waals surface area contributed by atoms with Crippen LogP contribution in [-0.4, -0.2) is 26.5 Å². The molecule has 0 radical (unpaired) electrons. The van der Waals surface area contributed by atoms with Crippen LogP contribution in [0.3, 0.4) is 0 Å². The fraction of sp³-hybridized carbons (Fsp3) is 0.235. The smallest absolute Gasteiger partial charge is 0.328 e. The van der Waals surface area contributed by atoms with Gasteiger partial charge in [0.1, 0.15) is 5.38 Å². The third kappa shape index (κ3) is 4.84. The van der Waals surface area contributed by atoms with Gasteiger partial charge in [-0.15, -0.1) is 11.6 Å². The summed E-state index contributed by atoms with van der Waals surface area (Å²) in [5.41, 5.74) is 8.06. The number of hydrogen-bond acceptors (Lipinski definition) is 4. The van der Waals surface area contributed by atoms with Crippen molar-refractivity contribution in [3.05, 3.63) is 53.6 Å². The average molecular weight is 363 g/mol. The van der Waals surface area contributed by atoms with Gasteiger partial charge in [-0.1, -0.05) is 12.1 Å². The Morgan fingerprint density at radius 2 is 2.24 bits per heavy atom. The number of alkyl halides is 1. The van der Waals surface area contributed by atoms with E-state index in [0.29, 0.717) is 23.4 Å². The van der Waals surface area contributed by atoms with E-state index in [9.17, 15) is 9.59 Å². The van der Waals surface area contributed by atoms with Crippen molar-refractivity contribution in [2.45, 2.75) is 25.4 Å². The zero-order chi connectivity index (χ0) is 18.4. The quantitative estimate of drug-likeness (QED) is 0.493. The second kappa shape index (κ2) is 8.34. The van der Waals surface area contributed by atoms with Crippen LogP contribution >= 0.6 is 11.6 Å². The number of nitrogens with two attached hydrogens (primary N) is 1. The first-order valence-corrected chi connectivity index (χ1v) is 8.07. The van der Waals surface area contributed by atoms with Crippen molar-refractivity contribution >= 4 is 35.2 Å². The Kier molecular flexibility index (Phi) is 6.19. The first kappa shape index (κ1) is 18.5. The third-order valence-electron chi connectivity index (χ3n) is 3.62. The molecule has 8 heteroatoms. The molecule has 0 fully saturated rings. The minimum atomic E-state index is -1.04. The van der Waals surface area contributed by atoms with Gasteiger partial charge in [0.25, 0.3) is 0 Å². The number of carbonyl (C=O) groups is 2. The number of nitrogens with one attached hydrogen (secondary N) is 1. The molecular weight excluding hydrogens is 344 g/mol. The Balaban J connectivity index is 2.31. The van der Waals surface area contributed by atoms with Gasteiger partial charge in [-0.3, -0.25) is 4.79 Å². The molecule has 132 valence electrons. The van der Waals surface area contributed by atoms with Crippen LogP contribution in [0.2, 0.25) is 0 Å². The van der Waals surface area contributed by atoms with Gasteiger partial charge in [-0.25, -0.2) is 9.78 Å². The summed E-state index contributed by atoms with van der Waals surface area (Å²) in [5.74, 6) is -1.70. The summed E-state index contributed by atoms with van der Waals surface area (Å²) in [7, 11) is 0. The number of primary amides is 1. The molecule has 4 N–H and O–H groups in total. The predicted octanol–water partition coefficient (Wildman–Crippen LogP) is 2.38. The molecule has 2 rings (SSSR count). The highest BCUT2D eigenvalue weighted by molar-refractivity contribution is 6.31. The van der Waals surface area contributed by atoms with E-state index < -0.39 is 17.3 Å². The molecular formula is C17H19ClN4O3. The Bertz CT molecular complexity index is 801. The number of carboxylic acid groups (broad SMARTS) is 1. The van der Waals surface area contributed by atoms with E-state index in [-0.39, 0.29) is 0 Å². The minimum Gasteiger partial charge on any atom is -0.478 e. The van der Waals surface area contributed by atoms with Crippen LogP contribution in [0.5, 0.6) is 0 Å². The number of nitrogens with zero attached hydrogens (tertiary/aromatic N) is 2. The molecule has 0 saturated carbocycles. The zero-order valence-electron chi connectivity index (χ0n) is 13.6. The topological polar surface area (TPSA) is 110 Å². The zero-order valence-corrected chi connectivity index (χ0v) is 14.4. The SMILES string of the molecule is CCn1cncc1CNc1cc(/C=C/C(=O)O)ccc1C(Cl)C(N)=O. The van der Waals surface area contributed by atoms with E-state index in [2.05, 4.69) is 10.3 Å². The highest BCUT2D eigenvalue weighted by atomic mass is 35.5. The van der Waals surface area contributed by atoms with E-state index in [4.69, 9.17) is 22.4 Å². The fourth-order valence-corrected chi connectivity index (χ4v) is 2.53. The molecule has 25 heavy (non-hydrogen) atoms. The molecule has 0 saturated heterocycles. The number of halogens is 1. The first-order valence-electron chi connectivity index (χ1n) is 7.63. The second-order valence-electron chi connectivity index (χ2n) is 5.31. The standard InChI is InChI=1S/C17H19ClN4O3/c1-2-22-10-20-8-12(22)9-21-14-7-11(4-6-15(23)24)3-5-13(14)16(18)17(19)25/h3-8,10,16,21H,2,9H2,1H3,(H2,19,25)(H,23,24)/b6-4+. The maximum absolute atomic E-state index is 11.4. The van der Waals surface area contributed by atoms with E-state index in [1.807, 2.05) is 11.5 Å². The number of amides is 1. The van der Waals surface area contributed by atoms with E-state index in [1.165, 1.54) is 6.08 Å². The number of carbonyl (C=O) groups excluding carboxylic acids is 1. The van der Waals surface area contributed by atoms with Crippen LogP contribution < -0.4 is 11.1 Å². The monoisotopic (exact) mass is 362 g/mol. The van der Waals surface area contributed by atoms with E-state index in [1.54, 1.807) is 30.7 Å². The van der Waals surface area contributed by atoms with Crippen molar-refractivity contribution in [2.24, 2.45) is 5.73 Å². The number of aliphatic carboxylic acids is 1. The Hall–Kier alpha value is -2.80. The Labute approximate surface area is 150 Å². The summed E-state index contributed by atoms with van der Waals surface area (Å²) < 4.78 is 1.98. The predicted molar refractivity (Wildman–Crippen MR) is 96.1 cm³/mol. The number of rotatable bonds is 8. The van der Waals surface area contributed by atoms with Crippen molar-refractivity contribution in [3.8, 4) is 0 Å². The van der Waals surface area contributed by atoms with Gasteiger partial charge in [0, 0.05) is 30.1 Å². The highest BCUT2D eigenvalue weighted by Gasteiger charge is 2.18. The van der Waals surface area contributed by atoms with E-state index in [0.717, 1.165) is 18.3 Å². The summed E-state index contributed by atoms with van der Waals surface area (Å²) in [5, 5.41) is 11.0. The summed E-state index contributed by atoms with van der Waals surface area (Å²) in [6.45, 7) is 3.26. The second-order valence-corrected chi connectivity index (χ2v) is 5.74. The molecule has 1 aromatic carbocycles. The molecule has 7 nitrogen and oxygen atoms in total. The van der Waals surface area contributed by atoms with Crippen LogP contribution in [0.4, 0.5) is 5.69 Å². The Morgan fingerprint density at radius 3 is 2.88 bits per heavy atom. The van der Waals surface area contributed by atoms with Crippen LogP contribution in [0, 0.1) is 0 Å². The van der Waals surface area contributed by atoms with Crippen molar-refractivity contribution in [1.82, 2.24) is 9.55 Å². The maximum atomic E-state index is 11.4. The highest BCUT2D eigenvalue weighted by Crippen LogP contribution is 2.29. The van der Waals surface area contributed by atoms with Crippen molar-refractivity contribution < 1.29 is 14.7 Å². The largest absolute Gasteiger partial charge is 0.478 e. The molecule has 1 aromatic heterocycles. The van der Waals surface area contributed by atoms with Crippen molar-refractivity contribution in [3.63, 3.8) is 0 Å². The molecule has 0 spiro atoms. The van der Waals surface area contributed by atoms with E-state index >= 15 is 0 Å². The van der Waals surface area contributed by atoms with Crippen LogP contribution in [0.1, 0.15) is 29.1 Å². The van der Waals surface area contributed by atoms with Gasteiger partial charge in [-0.2, -0.15) is 0 Å². The van der Waals surface area contributed by atoms with Gasteiger partial charge in [0.2, 0.25) is 5.91 Å². The lowest BCUT2D eigenvalue weighted by atomic mass is 10.0. The number of imidazole rings is 1. The molecule has 1 amide bonds. The van der Waals surface area contributed by atoms with Gasteiger partial charge in [-0.05, 0) is 24.6 Å². The van der Waals surface area contributed by atoms with Gasteiger partial charge in [0.15, 0.2) is 0 Å². The molecule has 1 heterocycles. The summed E-state index contributed by atoms with van der Waals surface area (Å²) in [6, 6.07) is 5.05. The molecule has 0 aliphatic heterocycles. The van der Waals surface area contributed by atoms with Crippen molar-refractivity contribution in [2.75, 3.05) is 5.32 Å². The van der Waals surface area contributed by atoms with Gasteiger partial charge < -0.3 is 20.7 Å². The molecule has 0 aliphatic rings. The van der Waals surface area contributed by atoms with Crippen LogP contribution in [-0.2, 0) is 22.7 Å².